The van der Waals surface area contributed by atoms with Gasteiger partial charge in [-0.2, -0.15) is 9.97 Å². The molecule has 1 aliphatic rings. The monoisotopic (exact) mass is 1080 g/mol. The van der Waals surface area contributed by atoms with Crippen LogP contribution < -0.4 is 16.8 Å². The highest BCUT2D eigenvalue weighted by Gasteiger charge is 2.49. The summed E-state index contributed by atoms with van der Waals surface area (Å²) in [5, 5.41) is 37.0. The van der Waals surface area contributed by atoms with E-state index in [0.29, 0.717) is 25.8 Å². The van der Waals surface area contributed by atoms with Crippen LogP contribution in [0.5, 0.6) is 0 Å². The molecule has 0 radical (unpaired) electrons. The zero-order chi connectivity index (χ0) is 51.3. The maximum Gasteiger partial charge on any atom is 0.472 e. The van der Waals surface area contributed by atoms with Gasteiger partial charge in [0.2, 0.25) is 17.8 Å². The summed E-state index contributed by atoms with van der Waals surface area (Å²) in [6, 6.07) is 0. The lowest BCUT2D eigenvalue weighted by molar-refractivity contribution is -0.121. The van der Waals surface area contributed by atoms with Crippen LogP contribution in [0.4, 0.5) is 11.9 Å². The van der Waals surface area contributed by atoms with E-state index in [1.165, 1.54) is 107 Å². The number of nitrogens with two attached hydrogens (primary N) is 2. The lowest BCUT2D eigenvalue weighted by Crippen LogP contribution is -2.39. The fraction of sp³-hybridized carbons (Fsp3) is 0.744. The Kier molecular flexibility index (Phi) is 25.0. The van der Waals surface area contributed by atoms with E-state index in [1.54, 1.807) is 0 Å². The number of anilines is 2. The third kappa shape index (κ3) is 18.0. The van der Waals surface area contributed by atoms with Gasteiger partial charge >= 0.3 is 16.4 Å². The molecule has 9 unspecified atom stereocenters. The van der Waals surface area contributed by atoms with E-state index in [9.17, 15) is 29.6 Å². The van der Waals surface area contributed by atoms with Crippen molar-refractivity contribution in [3.05, 3.63) is 21.9 Å². The normalized spacial score (nSPS) is 19.8. The molecule has 4 aromatic rings. The molecule has 4 aromatic heterocycles. The number of phosphoric ester groups is 1. The number of unbranched alkanes of at least 4 members (excludes halogenated alkanes) is 15. The van der Waals surface area contributed by atoms with E-state index in [4.69, 9.17) is 68.0 Å². The summed E-state index contributed by atoms with van der Waals surface area (Å²) >= 11 is 10.6. The maximum atomic E-state index is 13.1. The first-order valence-electron chi connectivity index (χ1n) is 24.4. The zero-order valence-electron chi connectivity index (χ0n) is 40.8. The van der Waals surface area contributed by atoms with Gasteiger partial charge in [0.25, 0.3) is 0 Å². The predicted octanol–water partition coefficient (Wildman–Crippen LogP) is 6.85. The molecule has 5 rings (SSSR count). The van der Waals surface area contributed by atoms with Gasteiger partial charge in [0.15, 0.2) is 23.8 Å². The SMILES string of the molecule is CCCCCCCCCCCCCCCC(=O)NCCCCCCOP(=O)(O)OCC1OC(n2cnc3c(=S)[nH]c(N)nc32)C(O)C1OP(OC)OCC(OC)C(O)C(O)n1cnc2c(=S)[nH]c(N)nc21. The highest BCUT2D eigenvalue weighted by Crippen LogP contribution is 2.48. The van der Waals surface area contributed by atoms with E-state index < -0.39 is 72.6 Å². The van der Waals surface area contributed by atoms with Crippen LogP contribution in [0.2, 0.25) is 0 Å². The van der Waals surface area contributed by atoms with Crippen LogP contribution in [0.15, 0.2) is 12.7 Å². The van der Waals surface area contributed by atoms with Crippen LogP contribution in [-0.2, 0) is 41.5 Å². The minimum Gasteiger partial charge on any atom is -0.386 e. The van der Waals surface area contributed by atoms with Crippen molar-refractivity contribution in [2.24, 2.45) is 0 Å². The van der Waals surface area contributed by atoms with Crippen molar-refractivity contribution in [3.63, 3.8) is 0 Å². The molecular weight excluding hydrogens is 1000 g/mol. The number of fused-ring (bicyclic) bond motifs is 2. The van der Waals surface area contributed by atoms with Crippen molar-refractivity contribution in [2.45, 2.75) is 165 Å². The van der Waals surface area contributed by atoms with Gasteiger partial charge in [0.1, 0.15) is 50.8 Å². The number of amides is 1. The summed E-state index contributed by atoms with van der Waals surface area (Å²) in [6.45, 7) is 1.71. The third-order valence-corrected chi connectivity index (χ3v) is 14.7. The molecule has 5 heterocycles. The van der Waals surface area contributed by atoms with Crippen LogP contribution in [0.3, 0.4) is 0 Å². The molecule has 9 atom stereocenters. The highest BCUT2D eigenvalue weighted by molar-refractivity contribution is 7.71. The molecule has 0 saturated carbocycles. The number of carbonyl (C=O) groups excluding carboxylic acids is 1. The minimum absolute atomic E-state index is 0.0217. The molecule has 1 aliphatic heterocycles. The van der Waals surface area contributed by atoms with Crippen molar-refractivity contribution < 1.29 is 61.7 Å². The Morgan fingerprint density at radius 2 is 1.45 bits per heavy atom. The third-order valence-electron chi connectivity index (χ3n) is 12.0. The Morgan fingerprint density at radius 3 is 2.08 bits per heavy atom. The fourth-order valence-electron chi connectivity index (χ4n) is 8.09. The topological polar surface area (TPSA) is 337 Å². The Balaban J connectivity index is 1.06. The van der Waals surface area contributed by atoms with Gasteiger partial charge in [-0.1, -0.05) is 121 Å². The summed E-state index contributed by atoms with van der Waals surface area (Å²) in [5.74, 6) is 0.0115. The number of aliphatic hydroxyl groups is 3. The molecule has 0 spiro atoms. The number of hydrogen-bond donors (Lipinski definition) is 9. The smallest absolute Gasteiger partial charge is 0.386 e. The van der Waals surface area contributed by atoms with Crippen molar-refractivity contribution in [1.29, 1.82) is 0 Å². The predicted molar refractivity (Wildman–Crippen MR) is 270 cm³/mol. The quantitative estimate of drug-likeness (QED) is 0.0128. The summed E-state index contributed by atoms with van der Waals surface area (Å²) in [5.41, 5.74) is 12.5. The first-order chi connectivity index (χ1) is 34.2. The number of methoxy groups -OCH3 is 1. The van der Waals surface area contributed by atoms with Gasteiger partial charge in [-0.25, -0.2) is 14.5 Å². The maximum absolute atomic E-state index is 13.1. The Bertz CT molecular complexity index is 2400. The molecule has 71 heavy (non-hydrogen) atoms. The lowest BCUT2D eigenvalue weighted by atomic mass is 10.0. The number of rotatable bonds is 36. The van der Waals surface area contributed by atoms with Crippen LogP contribution in [0.1, 0.15) is 135 Å². The van der Waals surface area contributed by atoms with Crippen molar-refractivity contribution >= 4 is 81.0 Å². The number of imidazole rings is 2. The molecule has 0 aromatic carbocycles. The molecule has 0 aliphatic carbocycles. The standard InChI is InChI=1S/C43H73N11O13P2S2/c1-4-5-6-7-8-9-10-11-12-13-14-15-18-21-30(55)46-22-19-16-17-20-23-64-69(59,60)65-25-29-35(34(57)41(66-29)54-27-48-32-37(54)50-43(45)52-39(32)71)67-68(62-3)63-24-28(61-2)33(56)40(58)53-26-47-31-36(53)49-42(44)51-38(31)70/h26-29,33-35,40-41,56-58H,4-25H2,1-3H3,(H,46,55)(H,59,60)(H3,44,49,51,70)(H3,45,50,52,71). The van der Waals surface area contributed by atoms with Gasteiger partial charge in [0, 0.05) is 27.2 Å². The molecule has 1 amide bonds. The van der Waals surface area contributed by atoms with Gasteiger partial charge in [-0.05, 0) is 19.3 Å². The first kappa shape index (κ1) is 58.7. The Morgan fingerprint density at radius 1 is 0.873 bits per heavy atom. The van der Waals surface area contributed by atoms with Crippen LogP contribution >= 0.6 is 40.9 Å². The van der Waals surface area contributed by atoms with E-state index in [1.807, 2.05) is 0 Å². The average molecular weight is 1080 g/mol. The largest absolute Gasteiger partial charge is 0.472 e. The minimum atomic E-state index is -4.65. The van der Waals surface area contributed by atoms with Crippen molar-refractivity contribution in [2.75, 3.05) is 52.1 Å². The van der Waals surface area contributed by atoms with E-state index >= 15 is 0 Å². The molecule has 1 saturated heterocycles. The molecule has 0 bridgehead atoms. The summed E-state index contributed by atoms with van der Waals surface area (Å²) in [7, 11) is -4.48. The molecule has 11 N–H and O–H groups in total. The van der Waals surface area contributed by atoms with Gasteiger partial charge in [-0.3, -0.25) is 23.0 Å². The van der Waals surface area contributed by atoms with Crippen LogP contribution in [0.25, 0.3) is 22.3 Å². The first-order valence-corrected chi connectivity index (χ1v) is 27.8. The second-order valence-electron chi connectivity index (χ2n) is 17.4. The number of ether oxygens (including phenoxy) is 2. The average Bonchev–Trinajstić information content (AvgIpc) is 4.05. The van der Waals surface area contributed by atoms with Crippen molar-refractivity contribution in [3.8, 4) is 0 Å². The Labute approximate surface area is 424 Å². The fourth-order valence-corrected chi connectivity index (χ4v) is 10.3. The number of phosphoric acid groups is 1. The Hall–Kier alpha value is -3.17. The number of aromatic nitrogens is 8. The second kappa shape index (κ2) is 30.3. The molecule has 24 nitrogen and oxygen atoms in total. The number of aliphatic hydroxyl groups excluding tert-OH is 3. The number of nitrogens with one attached hydrogen (secondary N) is 3. The number of hydrogen-bond acceptors (Lipinski definition) is 20. The highest BCUT2D eigenvalue weighted by atomic mass is 32.1. The van der Waals surface area contributed by atoms with Gasteiger partial charge < -0.3 is 70.0 Å². The number of nitrogens with zero attached hydrogens (tertiary/aromatic N) is 6. The second-order valence-corrected chi connectivity index (χ2v) is 21.0. The van der Waals surface area contributed by atoms with Crippen LogP contribution in [0, 0.1) is 9.28 Å². The number of carbonyl (C=O) groups is 1. The van der Waals surface area contributed by atoms with Crippen molar-refractivity contribution in [1.82, 2.24) is 44.4 Å². The van der Waals surface area contributed by atoms with Crippen LogP contribution in [-0.4, -0.2) is 136 Å². The molecule has 28 heteroatoms. The number of H-pyrrole nitrogens is 2. The van der Waals surface area contributed by atoms with E-state index in [-0.39, 0.29) is 56.0 Å². The molecular formula is C43H73N11O13P2S2. The summed E-state index contributed by atoms with van der Waals surface area (Å²) < 4.78 is 55.7. The summed E-state index contributed by atoms with van der Waals surface area (Å²) in [4.78, 5) is 45.2. The lowest BCUT2D eigenvalue weighted by Gasteiger charge is -2.28. The number of aromatic amines is 2. The van der Waals surface area contributed by atoms with E-state index in [0.717, 1.165) is 25.7 Å². The van der Waals surface area contributed by atoms with E-state index in [2.05, 4.69) is 42.1 Å². The van der Waals surface area contributed by atoms with Gasteiger partial charge in [0.05, 0.1) is 32.5 Å². The molecule has 400 valence electrons. The zero-order valence-corrected chi connectivity index (χ0v) is 44.2. The summed E-state index contributed by atoms with van der Waals surface area (Å²) in [6.07, 6.45) is 12.3. The number of nitrogen functional groups attached to an aromatic ring is 2. The van der Waals surface area contributed by atoms with Gasteiger partial charge in [-0.15, -0.1) is 0 Å². The molecule has 1 fully saturated rings.